The summed E-state index contributed by atoms with van der Waals surface area (Å²) in [7, 11) is 0. The van der Waals surface area contributed by atoms with Crippen LogP contribution < -0.4 is 17.2 Å². The van der Waals surface area contributed by atoms with Gasteiger partial charge in [0.1, 0.15) is 5.84 Å². The average Bonchev–Trinajstić information content (AvgIpc) is 3.47. The van der Waals surface area contributed by atoms with Gasteiger partial charge in [-0.2, -0.15) is 4.99 Å². The van der Waals surface area contributed by atoms with Gasteiger partial charge in [0.25, 0.3) is 12.3 Å². The molecule has 1 unspecified atom stereocenters. The van der Waals surface area contributed by atoms with E-state index < -0.39 is 18.3 Å². The summed E-state index contributed by atoms with van der Waals surface area (Å²) in [6.07, 6.45) is 3.53. The molecule has 27 heavy (non-hydrogen) atoms. The normalized spacial score (nSPS) is 17.6. The van der Waals surface area contributed by atoms with Gasteiger partial charge in [-0.05, 0) is 55.7 Å². The number of benzene rings is 1. The molecular formula is C19H23F2N5O. The van der Waals surface area contributed by atoms with Gasteiger partial charge in [0.05, 0.1) is 11.6 Å². The lowest BCUT2D eigenvalue weighted by molar-refractivity contribution is -0.119. The number of allylic oxidation sites excluding steroid dienone is 1. The second-order valence-corrected chi connectivity index (χ2v) is 6.34. The van der Waals surface area contributed by atoms with Crippen molar-refractivity contribution in [3.8, 4) is 0 Å². The van der Waals surface area contributed by atoms with E-state index in [-0.39, 0.29) is 11.4 Å². The molecule has 0 radical (unpaired) electrons. The van der Waals surface area contributed by atoms with E-state index in [0.717, 1.165) is 12.8 Å². The molecule has 0 heterocycles. The van der Waals surface area contributed by atoms with Crippen LogP contribution in [0.1, 0.15) is 31.8 Å². The molecule has 6 N–H and O–H groups in total. The lowest BCUT2D eigenvalue weighted by atomic mass is 10.0. The van der Waals surface area contributed by atoms with Gasteiger partial charge in [-0.1, -0.05) is 12.1 Å². The first-order valence-electron chi connectivity index (χ1n) is 8.50. The number of carbonyl (C=O) groups excluding carboxylic acids is 1. The molecule has 0 saturated heterocycles. The molecule has 2 rings (SSSR count). The van der Waals surface area contributed by atoms with E-state index in [9.17, 15) is 13.6 Å². The highest BCUT2D eigenvalue weighted by atomic mass is 19.3. The smallest absolute Gasteiger partial charge is 0.263 e. The molecule has 1 aliphatic rings. The zero-order valence-corrected chi connectivity index (χ0v) is 15.0. The fourth-order valence-electron chi connectivity index (χ4n) is 2.29. The molecule has 1 atom stereocenters. The Labute approximate surface area is 156 Å². The van der Waals surface area contributed by atoms with Crippen LogP contribution in [0, 0.1) is 11.8 Å². The van der Waals surface area contributed by atoms with E-state index in [1.807, 2.05) is 0 Å². The Morgan fingerprint density at radius 2 is 2.00 bits per heavy atom. The lowest BCUT2D eigenvalue weighted by Gasteiger charge is -2.08. The van der Waals surface area contributed by atoms with Crippen molar-refractivity contribution in [1.82, 2.24) is 0 Å². The number of hydrogen-bond donors (Lipinski definition) is 3. The van der Waals surface area contributed by atoms with Crippen molar-refractivity contribution in [1.29, 1.82) is 0 Å². The SMILES string of the molecule is CC(C(=O)N=C(N)/C=C(\N)C1CC1)/C(C=Nc1cccc(C(F)F)c1)=C/N. The topological polar surface area (TPSA) is 120 Å². The molecule has 6 nitrogen and oxygen atoms in total. The van der Waals surface area contributed by atoms with E-state index in [0.29, 0.717) is 22.9 Å². The predicted molar refractivity (Wildman–Crippen MR) is 103 cm³/mol. The quantitative estimate of drug-likeness (QED) is 0.501. The number of nitrogens with zero attached hydrogens (tertiary/aromatic N) is 2. The Morgan fingerprint density at radius 3 is 2.59 bits per heavy atom. The fourth-order valence-corrected chi connectivity index (χ4v) is 2.29. The van der Waals surface area contributed by atoms with E-state index in [1.165, 1.54) is 36.7 Å². The third-order valence-electron chi connectivity index (χ3n) is 4.15. The van der Waals surface area contributed by atoms with Gasteiger partial charge in [-0.25, -0.2) is 8.78 Å². The zero-order valence-electron chi connectivity index (χ0n) is 15.0. The van der Waals surface area contributed by atoms with E-state index in [4.69, 9.17) is 17.2 Å². The van der Waals surface area contributed by atoms with Crippen LogP contribution in [0.15, 0.2) is 57.8 Å². The Hall–Kier alpha value is -3.03. The molecule has 1 aromatic carbocycles. The van der Waals surface area contributed by atoms with Crippen molar-refractivity contribution in [3.63, 3.8) is 0 Å². The van der Waals surface area contributed by atoms with Crippen LogP contribution in [0.4, 0.5) is 14.5 Å². The summed E-state index contributed by atoms with van der Waals surface area (Å²) in [5.74, 6) is -0.848. The van der Waals surface area contributed by atoms with Gasteiger partial charge < -0.3 is 17.2 Å². The number of carbonyl (C=O) groups is 1. The molecular weight excluding hydrogens is 352 g/mol. The first-order valence-corrected chi connectivity index (χ1v) is 8.50. The number of aliphatic imine (C=N–C) groups is 2. The summed E-state index contributed by atoms with van der Waals surface area (Å²) in [5.41, 5.74) is 18.4. The molecule has 0 aliphatic heterocycles. The Balaban J connectivity index is 2.08. The molecule has 1 saturated carbocycles. The van der Waals surface area contributed by atoms with Gasteiger partial charge >= 0.3 is 0 Å². The molecule has 1 aromatic rings. The maximum absolute atomic E-state index is 12.7. The first kappa shape index (κ1) is 20.3. The summed E-state index contributed by atoms with van der Waals surface area (Å²) in [6.45, 7) is 1.60. The van der Waals surface area contributed by atoms with Crippen LogP contribution in [-0.2, 0) is 4.79 Å². The molecule has 0 aromatic heterocycles. The highest BCUT2D eigenvalue weighted by Gasteiger charge is 2.24. The highest BCUT2D eigenvalue weighted by Crippen LogP contribution is 2.33. The second-order valence-electron chi connectivity index (χ2n) is 6.34. The first-order chi connectivity index (χ1) is 12.8. The summed E-state index contributed by atoms with van der Waals surface area (Å²) in [6, 6.07) is 5.64. The van der Waals surface area contributed by atoms with E-state index >= 15 is 0 Å². The van der Waals surface area contributed by atoms with Gasteiger partial charge in [0.15, 0.2) is 0 Å². The Kier molecular flexibility index (Phi) is 6.81. The van der Waals surface area contributed by atoms with Crippen LogP contribution in [0.2, 0.25) is 0 Å². The number of hydrogen-bond acceptors (Lipinski definition) is 4. The standard InChI is InChI=1S/C19H23F2N5O/c1-11(19(27)26-17(24)8-16(23)12-5-6-12)14(9-22)10-25-15-4-2-3-13(7-15)18(20)21/h2-4,7-12,18H,5-6,22-23H2,1H3,(H2,24,26,27)/b14-9+,16-8-,25-10?. The van der Waals surface area contributed by atoms with Gasteiger partial charge in [0, 0.05) is 17.5 Å². The predicted octanol–water partition coefficient (Wildman–Crippen LogP) is 2.94. The van der Waals surface area contributed by atoms with Crippen molar-refractivity contribution in [2.75, 3.05) is 0 Å². The van der Waals surface area contributed by atoms with Crippen molar-refractivity contribution in [3.05, 3.63) is 53.4 Å². The van der Waals surface area contributed by atoms with Gasteiger partial charge in [0.2, 0.25) is 0 Å². The van der Waals surface area contributed by atoms with Gasteiger partial charge in [-0.3, -0.25) is 9.79 Å². The number of alkyl halides is 2. The fraction of sp³-hybridized carbons (Fsp3) is 0.316. The molecule has 1 aliphatic carbocycles. The average molecular weight is 375 g/mol. The third kappa shape index (κ3) is 6.02. The van der Waals surface area contributed by atoms with Crippen LogP contribution in [0.5, 0.6) is 0 Å². The minimum atomic E-state index is -2.58. The maximum Gasteiger partial charge on any atom is 0.263 e. The van der Waals surface area contributed by atoms with Crippen LogP contribution in [-0.4, -0.2) is 18.0 Å². The summed E-state index contributed by atoms with van der Waals surface area (Å²) in [5, 5.41) is 0. The van der Waals surface area contributed by atoms with E-state index in [1.54, 1.807) is 13.0 Å². The monoisotopic (exact) mass is 375 g/mol. The Morgan fingerprint density at radius 1 is 1.30 bits per heavy atom. The molecule has 8 heteroatoms. The molecule has 1 fully saturated rings. The van der Waals surface area contributed by atoms with Crippen LogP contribution in [0.25, 0.3) is 0 Å². The van der Waals surface area contributed by atoms with E-state index in [2.05, 4.69) is 9.98 Å². The Bertz CT molecular complexity index is 810. The van der Waals surface area contributed by atoms with Crippen molar-refractivity contribution < 1.29 is 13.6 Å². The van der Waals surface area contributed by atoms with Gasteiger partial charge in [-0.15, -0.1) is 0 Å². The van der Waals surface area contributed by atoms with Crippen LogP contribution in [0.3, 0.4) is 0 Å². The second kappa shape index (κ2) is 9.07. The molecule has 1 amide bonds. The summed E-state index contributed by atoms with van der Waals surface area (Å²) in [4.78, 5) is 20.2. The number of rotatable bonds is 7. The van der Waals surface area contributed by atoms with Crippen molar-refractivity contribution in [2.45, 2.75) is 26.2 Å². The lowest BCUT2D eigenvalue weighted by Crippen LogP contribution is -2.19. The summed E-state index contributed by atoms with van der Waals surface area (Å²) < 4.78 is 25.5. The zero-order chi connectivity index (χ0) is 20.0. The number of amides is 1. The summed E-state index contributed by atoms with van der Waals surface area (Å²) >= 11 is 0. The third-order valence-corrected chi connectivity index (χ3v) is 4.15. The van der Waals surface area contributed by atoms with Crippen molar-refractivity contribution in [2.24, 2.45) is 39.0 Å². The highest BCUT2D eigenvalue weighted by molar-refractivity contribution is 6.03. The number of halogens is 2. The minimum Gasteiger partial charge on any atom is -0.404 e. The van der Waals surface area contributed by atoms with Crippen molar-refractivity contribution >= 4 is 23.6 Å². The number of nitrogens with two attached hydrogens (primary N) is 3. The largest absolute Gasteiger partial charge is 0.404 e. The minimum absolute atomic E-state index is 0.0363. The molecule has 0 spiro atoms. The van der Waals surface area contributed by atoms with Crippen LogP contribution >= 0.6 is 0 Å². The maximum atomic E-state index is 12.7. The molecule has 0 bridgehead atoms. The molecule has 144 valence electrons. The number of amidine groups is 1.